The third-order valence-corrected chi connectivity index (χ3v) is 1.23. The van der Waals surface area contributed by atoms with Crippen molar-refractivity contribution in [2.45, 2.75) is 13.8 Å². The minimum atomic E-state index is -1.45. The standard InChI is InChI=1S/C5H6B2O4/c1-5(2,3(8)10-6)4(9)11-7/h1-2H3. The summed E-state index contributed by atoms with van der Waals surface area (Å²) >= 11 is 0. The molecular formula is C5H6B2O4. The maximum Gasteiger partial charge on any atom is 0.378 e. The highest BCUT2D eigenvalue weighted by Gasteiger charge is 2.37. The first kappa shape index (κ1) is 10.1. The van der Waals surface area contributed by atoms with E-state index >= 15 is 0 Å². The van der Waals surface area contributed by atoms with Crippen molar-refractivity contribution in [2.75, 3.05) is 0 Å². The van der Waals surface area contributed by atoms with Gasteiger partial charge in [0.2, 0.25) is 0 Å². The minimum Gasteiger partial charge on any atom is -0.543 e. The molecule has 0 saturated carbocycles. The Morgan fingerprint density at radius 2 is 1.36 bits per heavy atom. The fourth-order valence-electron chi connectivity index (χ4n) is 0.378. The summed E-state index contributed by atoms with van der Waals surface area (Å²) in [7, 11) is 9.11. The van der Waals surface area contributed by atoms with Crippen molar-refractivity contribution in [3.8, 4) is 0 Å². The van der Waals surface area contributed by atoms with Gasteiger partial charge in [-0.05, 0) is 13.8 Å². The van der Waals surface area contributed by atoms with Gasteiger partial charge in [-0.25, -0.2) is 0 Å². The van der Waals surface area contributed by atoms with Crippen LogP contribution < -0.4 is 0 Å². The Morgan fingerprint density at radius 3 is 1.55 bits per heavy atom. The van der Waals surface area contributed by atoms with E-state index in [4.69, 9.17) is 0 Å². The SMILES string of the molecule is [B]OC(=O)C(C)(C)C(=O)O[B]. The number of hydrogen-bond donors (Lipinski definition) is 0. The molecule has 0 aliphatic rings. The maximum absolute atomic E-state index is 10.7. The lowest BCUT2D eigenvalue weighted by Gasteiger charge is -2.18. The van der Waals surface area contributed by atoms with E-state index in [1.54, 1.807) is 0 Å². The monoisotopic (exact) mass is 152 g/mol. The van der Waals surface area contributed by atoms with E-state index in [-0.39, 0.29) is 0 Å². The van der Waals surface area contributed by atoms with E-state index in [1.807, 2.05) is 0 Å². The molecule has 0 aromatic heterocycles. The summed E-state index contributed by atoms with van der Waals surface area (Å²) in [6.07, 6.45) is 0. The van der Waals surface area contributed by atoms with Gasteiger partial charge in [-0.3, -0.25) is 9.59 Å². The lowest BCUT2D eigenvalue weighted by molar-refractivity contribution is -0.157. The zero-order valence-electron chi connectivity index (χ0n) is 6.29. The molecule has 11 heavy (non-hydrogen) atoms. The lowest BCUT2D eigenvalue weighted by Crippen LogP contribution is -2.35. The van der Waals surface area contributed by atoms with Gasteiger partial charge >= 0.3 is 28.0 Å². The molecule has 0 spiro atoms. The van der Waals surface area contributed by atoms with E-state index in [1.165, 1.54) is 13.8 Å². The molecule has 0 heterocycles. The smallest absolute Gasteiger partial charge is 0.378 e. The minimum absolute atomic E-state index is 0.895. The molecule has 0 amide bonds. The van der Waals surface area contributed by atoms with Crippen molar-refractivity contribution in [1.29, 1.82) is 0 Å². The average molecular weight is 152 g/mol. The van der Waals surface area contributed by atoms with Gasteiger partial charge in [0.05, 0.1) is 0 Å². The Labute approximate surface area is 67.1 Å². The second-order valence-corrected chi connectivity index (χ2v) is 2.44. The maximum atomic E-state index is 10.7. The first-order valence-corrected chi connectivity index (χ1v) is 2.79. The van der Waals surface area contributed by atoms with Gasteiger partial charge in [0.25, 0.3) is 0 Å². The number of hydrogen-bond acceptors (Lipinski definition) is 4. The molecule has 4 radical (unpaired) electrons. The third-order valence-electron chi connectivity index (χ3n) is 1.23. The Kier molecular flexibility index (Phi) is 3.17. The lowest BCUT2D eigenvalue weighted by atomic mass is 9.93. The van der Waals surface area contributed by atoms with Gasteiger partial charge in [-0.1, -0.05) is 0 Å². The Bertz CT molecular complexity index is 159. The van der Waals surface area contributed by atoms with Crippen LogP contribution in [0.4, 0.5) is 0 Å². The molecule has 0 aromatic carbocycles. The fraction of sp³-hybridized carbons (Fsp3) is 0.600. The summed E-state index contributed by atoms with van der Waals surface area (Å²) in [4.78, 5) is 21.5. The van der Waals surface area contributed by atoms with Crippen LogP contribution in [0, 0.1) is 5.41 Å². The van der Waals surface area contributed by atoms with Gasteiger partial charge < -0.3 is 9.31 Å². The van der Waals surface area contributed by atoms with Crippen molar-refractivity contribution >= 4 is 28.0 Å². The van der Waals surface area contributed by atoms with Crippen LogP contribution in [-0.2, 0) is 18.9 Å². The van der Waals surface area contributed by atoms with Crippen LogP contribution in [0.15, 0.2) is 0 Å². The molecule has 0 aromatic rings. The average Bonchev–Trinajstić information content (AvgIpc) is 2.01. The Morgan fingerprint density at radius 1 is 1.09 bits per heavy atom. The Hall–Kier alpha value is -0.930. The molecule has 0 aliphatic heterocycles. The second-order valence-electron chi connectivity index (χ2n) is 2.44. The molecule has 0 atom stereocenters. The van der Waals surface area contributed by atoms with Crippen molar-refractivity contribution in [3.05, 3.63) is 0 Å². The van der Waals surface area contributed by atoms with Crippen LogP contribution in [0.25, 0.3) is 0 Å². The molecule has 56 valence electrons. The van der Waals surface area contributed by atoms with Crippen molar-refractivity contribution in [2.24, 2.45) is 5.41 Å². The molecule has 4 nitrogen and oxygen atoms in total. The number of carbonyl (C=O) groups is 2. The van der Waals surface area contributed by atoms with Crippen LogP contribution in [0.1, 0.15) is 13.8 Å². The Balaban J connectivity index is 4.44. The van der Waals surface area contributed by atoms with E-state index in [0.29, 0.717) is 0 Å². The third kappa shape index (κ3) is 2.00. The largest absolute Gasteiger partial charge is 0.543 e. The zero-order chi connectivity index (χ0) is 9.07. The summed E-state index contributed by atoms with van der Waals surface area (Å²) in [5.74, 6) is -1.79. The van der Waals surface area contributed by atoms with E-state index < -0.39 is 17.4 Å². The van der Waals surface area contributed by atoms with Gasteiger partial charge in [0.15, 0.2) is 5.41 Å². The van der Waals surface area contributed by atoms with Crippen molar-refractivity contribution in [1.82, 2.24) is 0 Å². The topological polar surface area (TPSA) is 52.6 Å². The van der Waals surface area contributed by atoms with Crippen molar-refractivity contribution in [3.63, 3.8) is 0 Å². The summed E-state index contributed by atoms with van der Waals surface area (Å²) in [5.41, 5.74) is -1.45. The highest BCUT2D eigenvalue weighted by atomic mass is 16.5. The van der Waals surface area contributed by atoms with Gasteiger partial charge in [-0.2, -0.15) is 0 Å². The van der Waals surface area contributed by atoms with E-state index in [9.17, 15) is 9.59 Å². The number of carbonyl (C=O) groups excluding carboxylic acids is 2. The summed E-state index contributed by atoms with van der Waals surface area (Å²) in [6.45, 7) is 2.58. The molecule has 0 rings (SSSR count). The molecule has 0 aliphatic carbocycles. The van der Waals surface area contributed by atoms with Crippen LogP contribution in [0.3, 0.4) is 0 Å². The molecule has 0 bridgehead atoms. The predicted octanol–water partition coefficient (Wildman–Crippen LogP) is -0.734. The second kappa shape index (κ2) is 3.46. The van der Waals surface area contributed by atoms with E-state index in [2.05, 4.69) is 25.4 Å². The highest BCUT2D eigenvalue weighted by molar-refractivity contribution is 6.14. The first-order valence-electron chi connectivity index (χ1n) is 2.79. The van der Waals surface area contributed by atoms with Crippen molar-refractivity contribution < 1.29 is 18.9 Å². The van der Waals surface area contributed by atoms with Gasteiger partial charge in [-0.15, -0.1) is 0 Å². The summed E-state index contributed by atoms with van der Waals surface area (Å²) < 4.78 is 7.69. The molecule has 0 saturated heterocycles. The van der Waals surface area contributed by atoms with Crippen LogP contribution in [0.2, 0.25) is 0 Å². The van der Waals surface area contributed by atoms with Gasteiger partial charge in [0.1, 0.15) is 0 Å². The van der Waals surface area contributed by atoms with Crippen LogP contribution >= 0.6 is 0 Å². The van der Waals surface area contributed by atoms with Crippen LogP contribution in [0.5, 0.6) is 0 Å². The number of rotatable bonds is 2. The molecule has 0 fully saturated rings. The molecular weight excluding hydrogens is 146 g/mol. The summed E-state index contributed by atoms with van der Waals surface area (Å²) in [5, 5.41) is 0. The first-order chi connectivity index (χ1) is 4.96. The summed E-state index contributed by atoms with van der Waals surface area (Å²) in [6, 6.07) is 0. The molecule has 6 heteroatoms. The zero-order valence-corrected chi connectivity index (χ0v) is 6.29. The predicted molar refractivity (Wildman–Crippen MR) is 37.5 cm³/mol. The molecule has 0 unspecified atom stereocenters. The quantitative estimate of drug-likeness (QED) is 0.386. The highest BCUT2D eigenvalue weighted by Crippen LogP contribution is 2.17. The van der Waals surface area contributed by atoms with E-state index in [0.717, 1.165) is 0 Å². The normalized spacial score (nSPS) is 10.4. The molecule has 0 N–H and O–H groups in total. The van der Waals surface area contributed by atoms with Crippen LogP contribution in [-0.4, -0.2) is 28.0 Å². The van der Waals surface area contributed by atoms with Gasteiger partial charge in [0, 0.05) is 0 Å². The fourth-order valence-corrected chi connectivity index (χ4v) is 0.378.